The fourth-order valence-electron chi connectivity index (χ4n) is 4.25. The number of rotatable bonds is 5. The third-order valence-corrected chi connectivity index (χ3v) is 6.00. The minimum Gasteiger partial charge on any atom is -0.344 e. The minimum atomic E-state index is -0.862. The first kappa shape index (κ1) is 22.3. The smallest absolute Gasteiger partial charge is 0.253 e. The Balaban J connectivity index is 1.57. The van der Waals surface area contributed by atoms with Gasteiger partial charge >= 0.3 is 0 Å². The van der Waals surface area contributed by atoms with Crippen molar-refractivity contribution < 1.29 is 14.4 Å². The van der Waals surface area contributed by atoms with Gasteiger partial charge in [-0.1, -0.05) is 66.7 Å². The van der Waals surface area contributed by atoms with E-state index in [2.05, 4.69) is 10.6 Å². The molecule has 1 heterocycles. The predicted molar refractivity (Wildman–Crippen MR) is 129 cm³/mol. The van der Waals surface area contributed by atoms with Crippen molar-refractivity contribution in [1.29, 1.82) is 0 Å². The van der Waals surface area contributed by atoms with Gasteiger partial charge in [-0.25, -0.2) is 0 Å². The molecule has 6 nitrogen and oxygen atoms in total. The average molecular weight is 442 g/mol. The zero-order chi connectivity index (χ0) is 23.5. The summed E-state index contributed by atoms with van der Waals surface area (Å²) >= 11 is 0. The molecule has 0 aliphatic carbocycles. The van der Waals surface area contributed by atoms with Crippen molar-refractivity contribution in [2.45, 2.75) is 32.4 Å². The van der Waals surface area contributed by atoms with Crippen LogP contribution in [0.15, 0.2) is 72.8 Å². The number of hydrogen-bond donors (Lipinski definition) is 2. The molecule has 168 valence electrons. The van der Waals surface area contributed by atoms with Gasteiger partial charge in [0.2, 0.25) is 11.8 Å². The number of amides is 3. The molecule has 2 atom stereocenters. The third kappa shape index (κ3) is 4.51. The van der Waals surface area contributed by atoms with Gasteiger partial charge in [-0.15, -0.1) is 0 Å². The van der Waals surface area contributed by atoms with E-state index in [-0.39, 0.29) is 18.2 Å². The molecular formula is C27H27N3O3. The van der Waals surface area contributed by atoms with Crippen molar-refractivity contribution in [1.82, 2.24) is 10.6 Å². The first-order valence-corrected chi connectivity index (χ1v) is 11.0. The SMILES string of the molecule is Cc1cccc2c1-c1ccccc1[C@H](NC(=O)[C@H](C)NC(=O)Cc1ccccc1)C(=O)N2C. The molecule has 3 aromatic carbocycles. The van der Waals surface area contributed by atoms with E-state index in [1.54, 1.807) is 18.9 Å². The number of fused-ring (bicyclic) bond motifs is 3. The summed E-state index contributed by atoms with van der Waals surface area (Å²) in [6.07, 6.45) is 0.182. The second-order valence-electron chi connectivity index (χ2n) is 8.35. The number of anilines is 1. The summed E-state index contributed by atoms with van der Waals surface area (Å²) in [5.74, 6) is -0.903. The summed E-state index contributed by atoms with van der Waals surface area (Å²) < 4.78 is 0. The van der Waals surface area contributed by atoms with Crippen LogP contribution in [-0.4, -0.2) is 30.8 Å². The Morgan fingerprint density at radius 2 is 1.67 bits per heavy atom. The van der Waals surface area contributed by atoms with E-state index in [0.717, 1.165) is 33.5 Å². The molecule has 1 aliphatic rings. The highest BCUT2D eigenvalue weighted by Gasteiger charge is 2.34. The van der Waals surface area contributed by atoms with Crippen molar-refractivity contribution in [2.75, 3.05) is 11.9 Å². The van der Waals surface area contributed by atoms with Crippen molar-refractivity contribution in [3.63, 3.8) is 0 Å². The van der Waals surface area contributed by atoms with Crippen molar-refractivity contribution in [3.05, 3.63) is 89.5 Å². The molecule has 0 saturated carbocycles. The highest BCUT2D eigenvalue weighted by molar-refractivity contribution is 6.06. The molecule has 3 aromatic rings. The van der Waals surface area contributed by atoms with Crippen LogP contribution in [0, 0.1) is 6.92 Å². The van der Waals surface area contributed by atoms with E-state index in [1.807, 2.05) is 79.7 Å². The minimum absolute atomic E-state index is 0.182. The molecule has 2 N–H and O–H groups in total. The zero-order valence-electron chi connectivity index (χ0n) is 19.0. The van der Waals surface area contributed by atoms with Crippen LogP contribution in [0.5, 0.6) is 0 Å². The third-order valence-electron chi connectivity index (χ3n) is 6.00. The van der Waals surface area contributed by atoms with Gasteiger partial charge in [0.1, 0.15) is 12.1 Å². The number of nitrogens with zero attached hydrogens (tertiary/aromatic N) is 1. The van der Waals surface area contributed by atoms with Crippen LogP contribution in [0.3, 0.4) is 0 Å². The normalized spacial score (nSPS) is 15.7. The van der Waals surface area contributed by atoms with Crippen LogP contribution in [0.4, 0.5) is 5.69 Å². The van der Waals surface area contributed by atoms with Gasteiger partial charge in [0.05, 0.1) is 12.1 Å². The highest BCUT2D eigenvalue weighted by Crippen LogP contribution is 2.41. The summed E-state index contributed by atoms with van der Waals surface area (Å²) in [5, 5.41) is 5.61. The van der Waals surface area contributed by atoms with E-state index < -0.39 is 18.0 Å². The van der Waals surface area contributed by atoms with E-state index in [0.29, 0.717) is 0 Å². The van der Waals surface area contributed by atoms with Crippen LogP contribution in [0.25, 0.3) is 11.1 Å². The predicted octanol–water partition coefficient (Wildman–Crippen LogP) is 3.54. The molecule has 0 unspecified atom stereocenters. The van der Waals surface area contributed by atoms with Crippen molar-refractivity contribution in [3.8, 4) is 11.1 Å². The Morgan fingerprint density at radius 1 is 0.970 bits per heavy atom. The van der Waals surface area contributed by atoms with Gasteiger partial charge < -0.3 is 15.5 Å². The van der Waals surface area contributed by atoms with Crippen LogP contribution >= 0.6 is 0 Å². The summed E-state index contributed by atoms with van der Waals surface area (Å²) in [6.45, 7) is 3.63. The molecule has 0 saturated heterocycles. The molecule has 0 aromatic heterocycles. The van der Waals surface area contributed by atoms with Gasteiger partial charge in [-0.3, -0.25) is 14.4 Å². The molecule has 4 rings (SSSR count). The number of carbonyl (C=O) groups excluding carboxylic acids is 3. The second-order valence-corrected chi connectivity index (χ2v) is 8.35. The lowest BCUT2D eigenvalue weighted by Gasteiger charge is -2.24. The maximum atomic E-state index is 13.4. The maximum Gasteiger partial charge on any atom is 0.253 e. The molecule has 3 amide bonds. The van der Waals surface area contributed by atoms with E-state index >= 15 is 0 Å². The summed E-state index contributed by atoms with van der Waals surface area (Å²) in [5.41, 5.74) is 5.34. The van der Waals surface area contributed by atoms with E-state index in [4.69, 9.17) is 0 Å². The van der Waals surface area contributed by atoms with Crippen molar-refractivity contribution in [2.24, 2.45) is 0 Å². The van der Waals surface area contributed by atoms with E-state index in [9.17, 15) is 14.4 Å². The first-order chi connectivity index (χ1) is 15.9. The number of nitrogens with one attached hydrogen (secondary N) is 2. The van der Waals surface area contributed by atoms with Gasteiger partial charge in [-0.05, 0) is 42.2 Å². The molecule has 0 fully saturated rings. The van der Waals surface area contributed by atoms with Crippen LogP contribution in [0.2, 0.25) is 0 Å². The number of aryl methyl sites for hydroxylation is 1. The molecule has 0 bridgehead atoms. The Labute approximate surface area is 193 Å². The lowest BCUT2D eigenvalue weighted by Crippen LogP contribution is -2.49. The van der Waals surface area contributed by atoms with E-state index in [1.165, 1.54) is 0 Å². The Morgan fingerprint density at radius 3 is 2.42 bits per heavy atom. The molecule has 6 heteroatoms. The highest BCUT2D eigenvalue weighted by atomic mass is 16.2. The molecule has 33 heavy (non-hydrogen) atoms. The molecule has 0 spiro atoms. The van der Waals surface area contributed by atoms with Gasteiger partial charge in [0.25, 0.3) is 5.91 Å². The Kier molecular flexibility index (Phi) is 6.27. The maximum absolute atomic E-state index is 13.4. The van der Waals surface area contributed by atoms with Gasteiger partial charge in [0, 0.05) is 12.6 Å². The average Bonchev–Trinajstić information content (AvgIpc) is 2.89. The monoisotopic (exact) mass is 441 g/mol. The standard InChI is InChI=1S/C27H27N3O3/c1-17-10-9-15-22-24(17)20-13-7-8-14-21(20)25(27(33)30(22)3)29-26(32)18(2)28-23(31)16-19-11-5-4-6-12-19/h4-15,18,25H,16H2,1-3H3,(H,28,31)(H,29,32)/t18-,25-/m0/s1. The lowest BCUT2D eigenvalue weighted by atomic mass is 9.92. The number of likely N-dealkylation sites (N-methyl/N-ethyl adjacent to an activating group) is 1. The summed E-state index contributed by atoms with van der Waals surface area (Å²) in [7, 11) is 1.72. The number of benzene rings is 3. The molecule has 1 aliphatic heterocycles. The Bertz CT molecular complexity index is 1210. The van der Waals surface area contributed by atoms with Crippen LogP contribution in [-0.2, 0) is 20.8 Å². The Hall–Kier alpha value is -3.93. The summed E-state index contributed by atoms with van der Waals surface area (Å²) in [4.78, 5) is 40.4. The fraction of sp³-hybridized carbons (Fsp3) is 0.222. The van der Waals surface area contributed by atoms with Crippen LogP contribution in [0.1, 0.15) is 29.7 Å². The topological polar surface area (TPSA) is 78.5 Å². The fourth-order valence-corrected chi connectivity index (χ4v) is 4.25. The number of carbonyl (C=O) groups is 3. The van der Waals surface area contributed by atoms with Gasteiger partial charge in [-0.2, -0.15) is 0 Å². The van der Waals surface area contributed by atoms with Crippen molar-refractivity contribution >= 4 is 23.4 Å². The largest absolute Gasteiger partial charge is 0.344 e. The molecule has 0 radical (unpaired) electrons. The van der Waals surface area contributed by atoms with Crippen LogP contribution < -0.4 is 15.5 Å². The summed E-state index contributed by atoms with van der Waals surface area (Å²) in [6, 6.07) is 21.2. The number of hydrogen-bond acceptors (Lipinski definition) is 3. The zero-order valence-corrected chi connectivity index (χ0v) is 19.0. The second kappa shape index (κ2) is 9.28. The lowest BCUT2D eigenvalue weighted by molar-refractivity contribution is -0.130. The van der Waals surface area contributed by atoms with Gasteiger partial charge in [0.15, 0.2) is 0 Å². The molecular weight excluding hydrogens is 414 g/mol. The first-order valence-electron chi connectivity index (χ1n) is 11.0. The quantitative estimate of drug-likeness (QED) is 0.636.